The highest BCUT2D eigenvalue weighted by atomic mass is 35.5. The quantitative estimate of drug-likeness (QED) is 0.223. The summed E-state index contributed by atoms with van der Waals surface area (Å²) in [7, 11) is 3.59. The van der Waals surface area contributed by atoms with Crippen molar-refractivity contribution in [3.05, 3.63) is 34.6 Å². The van der Waals surface area contributed by atoms with E-state index >= 15 is 4.39 Å². The molecule has 1 aliphatic heterocycles. The van der Waals surface area contributed by atoms with Gasteiger partial charge >= 0.3 is 6.03 Å². The minimum atomic E-state index is -1.00. The summed E-state index contributed by atoms with van der Waals surface area (Å²) in [6.07, 6.45) is 10.9. The van der Waals surface area contributed by atoms with Crippen LogP contribution in [0.5, 0.6) is 0 Å². The molecule has 0 radical (unpaired) electrons. The monoisotopic (exact) mass is 594 g/mol. The summed E-state index contributed by atoms with van der Waals surface area (Å²) in [6, 6.07) is 4.99. The number of nitrogens with one attached hydrogen (secondary N) is 3. The van der Waals surface area contributed by atoms with Crippen LogP contribution in [0.3, 0.4) is 0 Å². The molecule has 1 unspecified atom stereocenters. The van der Waals surface area contributed by atoms with Crippen LogP contribution in [0.2, 0.25) is 5.02 Å². The molecular formula is C32H52ClFN4O3. The first-order valence-corrected chi connectivity index (χ1v) is 16.0. The van der Waals surface area contributed by atoms with E-state index in [-0.39, 0.29) is 34.8 Å². The number of benzene rings is 1. The molecule has 1 aromatic carbocycles. The fourth-order valence-corrected chi connectivity index (χ4v) is 6.92. The number of carbonyl (C=O) groups excluding carboxylic acids is 2. The second kappa shape index (κ2) is 16.7. The number of halogens is 2. The van der Waals surface area contributed by atoms with Crippen LogP contribution in [0.15, 0.2) is 18.2 Å². The normalized spacial score (nSPS) is 20.5. The summed E-state index contributed by atoms with van der Waals surface area (Å²) in [5.74, 6) is -0.456. The zero-order valence-electron chi connectivity index (χ0n) is 25.6. The number of unbranched alkanes of at least 4 members (excludes halogenated alkanes) is 1. The molecular weight excluding hydrogens is 543 g/mol. The van der Waals surface area contributed by atoms with Gasteiger partial charge in [-0.2, -0.15) is 0 Å². The Morgan fingerprint density at radius 3 is 2.59 bits per heavy atom. The lowest BCUT2D eigenvalue weighted by Gasteiger charge is -2.47. The third-order valence-electron chi connectivity index (χ3n) is 9.00. The predicted octanol–water partition coefficient (Wildman–Crippen LogP) is 6.24. The standard InChI is InChI=1S/C32H52ClFN4O3/c1-23(2)30(39)37-32(17-8-9-19-41-4,27-15-10-16-28(33)29(27)34)25-14-11-18-38(22-25)31(40)36-26(21-35-3)20-24-12-6-5-7-13-24/h10,15-16,23-26,35H,5-9,11-14,17-22H2,1-4H3,(H,36,40)(H,37,39)/t25-,26?,32-/m1/s1. The molecule has 41 heavy (non-hydrogen) atoms. The molecule has 1 aromatic rings. The van der Waals surface area contributed by atoms with E-state index in [1.54, 1.807) is 19.2 Å². The third kappa shape index (κ3) is 9.29. The van der Waals surface area contributed by atoms with Crippen LogP contribution >= 0.6 is 11.6 Å². The number of ether oxygens (including phenoxy) is 1. The van der Waals surface area contributed by atoms with Crippen molar-refractivity contribution in [2.45, 2.75) is 96.1 Å². The van der Waals surface area contributed by atoms with Gasteiger partial charge in [-0.15, -0.1) is 0 Å². The van der Waals surface area contributed by atoms with Gasteiger partial charge in [-0.05, 0) is 57.6 Å². The van der Waals surface area contributed by atoms with E-state index < -0.39 is 11.4 Å². The molecule has 3 amide bonds. The number of hydrogen-bond donors (Lipinski definition) is 3. The summed E-state index contributed by atoms with van der Waals surface area (Å²) in [5.41, 5.74) is -0.607. The molecule has 0 bridgehead atoms. The van der Waals surface area contributed by atoms with Gasteiger partial charge in [-0.25, -0.2) is 9.18 Å². The fourth-order valence-electron chi connectivity index (χ4n) is 6.75. The van der Waals surface area contributed by atoms with Crippen molar-refractivity contribution < 1.29 is 18.7 Å². The minimum Gasteiger partial charge on any atom is -0.385 e. The van der Waals surface area contributed by atoms with Crippen molar-refractivity contribution in [3.63, 3.8) is 0 Å². The van der Waals surface area contributed by atoms with Gasteiger partial charge < -0.3 is 25.6 Å². The fraction of sp³-hybridized carbons (Fsp3) is 0.750. The molecule has 1 saturated heterocycles. The number of likely N-dealkylation sites (N-methyl/N-ethyl adjacent to an activating group) is 1. The number of hydrogen-bond acceptors (Lipinski definition) is 4. The van der Waals surface area contributed by atoms with Crippen molar-refractivity contribution in [2.75, 3.05) is 40.4 Å². The zero-order chi connectivity index (χ0) is 29.8. The van der Waals surface area contributed by atoms with Gasteiger partial charge in [0.2, 0.25) is 5.91 Å². The molecule has 1 heterocycles. The molecule has 0 aromatic heterocycles. The molecule has 1 saturated carbocycles. The Labute approximate surface area is 251 Å². The Kier molecular flexibility index (Phi) is 13.7. The maximum atomic E-state index is 15.8. The number of methoxy groups -OCH3 is 1. The molecule has 3 rings (SSSR count). The number of carbonyl (C=O) groups is 2. The maximum Gasteiger partial charge on any atom is 0.317 e. The Bertz CT molecular complexity index is 974. The van der Waals surface area contributed by atoms with Gasteiger partial charge in [-0.1, -0.05) is 69.7 Å². The molecule has 3 N–H and O–H groups in total. The molecule has 9 heteroatoms. The van der Waals surface area contributed by atoms with E-state index in [0.29, 0.717) is 37.6 Å². The van der Waals surface area contributed by atoms with Gasteiger partial charge in [-0.3, -0.25) is 4.79 Å². The Morgan fingerprint density at radius 2 is 1.90 bits per heavy atom. The molecule has 1 aliphatic carbocycles. The molecule has 3 atom stereocenters. The van der Waals surface area contributed by atoms with E-state index in [1.165, 1.54) is 38.2 Å². The van der Waals surface area contributed by atoms with Gasteiger partial charge in [0.05, 0.1) is 10.6 Å². The number of rotatable bonds is 14. The third-order valence-corrected chi connectivity index (χ3v) is 9.29. The zero-order valence-corrected chi connectivity index (χ0v) is 26.3. The molecule has 2 fully saturated rings. The van der Waals surface area contributed by atoms with Gasteiger partial charge in [0.1, 0.15) is 5.82 Å². The smallest absolute Gasteiger partial charge is 0.317 e. The van der Waals surface area contributed by atoms with Crippen molar-refractivity contribution in [1.29, 1.82) is 0 Å². The van der Waals surface area contributed by atoms with Gasteiger partial charge in [0.25, 0.3) is 0 Å². The number of likely N-dealkylation sites (tertiary alicyclic amines) is 1. The second-order valence-electron chi connectivity index (χ2n) is 12.4. The summed E-state index contributed by atoms with van der Waals surface area (Å²) < 4.78 is 21.1. The minimum absolute atomic E-state index is 0.0330. The Balaban J connectivity index is 1.88. The second-order valence-corrected chi connectivity index (χ2v) is 12.8. The summed E-state index contributed by atoms with van der Waals surface area (Å²) in [6.45, 7) is 6.05. The van der Waals surface area contributed by atoms with Crippen molar-refractivity contribution in [3.8, 4) is 0 Å². The molecule has 0 spiro atoms. The van der Waals surface area contributed by atoms with Crippen LogP contribution in [-0.4, -0.2) is 63.3 Å². The molecule has 232 valence electrons. The summed E-state index contributed by atoms with van der Waals surface area (Å²) >= 11 is 6.30. The van der Waals surface area contributed by atoms with E-state index in [2.05, 4.69) is 16.0 Å². The molecule has 2 aliphatic rings. The van der Waals surface area contributed by atoms with Crippen LogP contribution in [0.4, 0.5) is 9.18 Å². The summed E-state index contributed by atoms with van der Waals surface area (Å²) in [5, 5.41) is 9.89. The van der Waals surface area contributed by atoms with Gasteiger partial charge in [0.15, 0.2) is 0 Å². The summed E-state index contributed by atoms with van der Waals surface area (Å²) in [4.78, 5) is 28.8. The van der Waals surface area contributed by atoms with Crippen molar-refractivity contribution >= 4 is 23.5 Å². The first kappa shape index (κ1) is 33.6. The highest BCUT2D eigenvalue weighted by molar-refractivity contribution is 6.30. The van der Waals surface area contributed by atoms with Crippen LogP contribution in [-0.2, 0) is 15.1 Å². The molecule has 7 nitrogen and oxygen atoms in total. The number of urea groups is 1. The first-order valence-electron chi connectivity index (χ1n) is 15.7. The van der Waals surface area contributed by atoms with E-state index in [0.717, 1.165) is 38.6 Å². The van der Waals surface area contributed by atoms with Crippen molar-refractivity contribution in [2.24, 2.45) is 17.8 Å². The topological polar surface area (TPSA) is 82.7 Å². The largest absolute Gasteiger partial charge is 0.385 e. The van der Waals surface area contributed by atoms with Crippen LogP contribution in [0, 0.1) is 23.6 Å². The lowest BCUT2D eigenvalue weighted by molar-refractivity contribution is -0.127. The van der Waals surface area contributed by atoms with E-state index in [9.17, 15) is 9.59 Å². The average Bonchev–Trinajstić information content (AvgIpc) is 2.96. The van der Waals surface area contributed by atoms with E-state index in [1.807, 2.05) is 25.8 Å². The van der Waals surface area contributed by atoms with Crippen molar-refractivity contribution in [1.82, 2.24) is 20.9 Å². The number of piperidine rings is 1. The van der Waals surface area contributed by atoms with Gasteiger partial charge in [0, 0.05) is 56.8 Å². The first-order chi connectivity index (χ1) is 19.7. The lowest BCUT2D eigenvalue weighted by Crippen LogP contribution is -2.59. The van der Waals surface area contributed by atoms with Crippen LogP contribution in [0.25, 0.3) is 0 Å². The predicted molar refractivity (Wildman–Crippen MR) is 164 cm³/mol. The van der Waals surface area contributed by atoms with E-state index in [4.69, 9.17) is 16.3 Å². The Morgan fingerprint density at radius 1 is 1.15 bits per heavy atom. The van der Waals surface area contributed by atoms with Crippen LogP contribution in [0.1, 0.15) is 90.0 Å². The Hall–Kier alpha value is -1.90. The SMILES string of the molecule is CNCC(CC1CCCCC1)NC(=O)N1CCC[C@@H]([C@@](CCCCOC)(NC(=O)C(C)C)c2cccc(Cl)c2F)C1. The average molecular weight is 595 g/mol. The lowest BCUT2D eigenvalue weighted by atomic mass is 9.70. The number of nitrogens with zero attached hydrogens (tertiary/aromatic N) is 1. The maximum absolute atomic E-state index is 15.8. The number of amides is 3. The highest BCUT2D eigenvalue weighted by Crippen LogP contribution is 2.42. The highest BCUT2D eigenvalue weighted by Gasteiger charge is 2.46. The van der Waals surface area contributed by atoms with Crippen LogP contribution < -0.4 is 16.0 Å².